The summed E-state index contributed by atoms with van der Waals surface area (Å²) in [6, 6.07) is 4.13. The number of nitrogens with two attached hydrogens (primary N) is 1. The third kappa shape index (κ3) is 2.52. The van der Waals surface area contributed by atoms with Gasteiger partial charge in [0.25, 0.3) is 0 Å². The van der Waals surface area contributed by atoms with Crippen LogP contribution in [0.3, 0.4) is 0 Å². The van der Waals surface area contributed by atoms with Crippen molar-refractivity contribution in [2.75, 3.05) is 13.7 Å². The van der Waals surface area contributed by atoms with E-state index in [1.54, 1.807) is 18.4 Å². The second-order valence-corrected chi connectivity index (χ2v) is 5.24. The maximum Gasteiger partial charge on any atom is 0.151 e. The fourth-order valence-electron chi connectivity index (χ4n) is 1.71. The number of hydrogen-bond acceptors (Lipinski definition) is 5. The van der Waals surface area contributed by atoms with Crippen molar-refractivity contribution in [2.45, 2.75) is 20.3 Å². The smallest absolute Gasteiger partial charge is 0.151 e. The van der Waals surface area contributed by atoms with Crippen LogP contribution in [-0.4, -0.2) is 23.9 Å². The number of rotatable bonds is 4. The number of benzene rings is 1. The summed E-state index contributed by atoms with van der Waals surface area (Å²) < 4.78 is 5.42. The van der Waals surface area contributed by atoms with Crippen LogP contribution in [0.15, 0.2) is 12.1 Å². The van der Waals surface area contributed by atoms with E-state index in [1.165, 1.54) is 11.1 Å². The number of aromatic nitrogens is 2. The van der Waals surface area contributed by atoms with Crippen molar-refractivity contribution in [3.8, 4) is 16.3 Å². The van der Waals surface area contributed by atoms with Crippen LogP contribution in [0, 0.1) is 13.8 Å². The van der Waals surface area contributed by atoms with Gasteiger partial charge in [0.05, 0.1) is 12.7 Å². The highest BCUT2D eigenvalue weighted by molar-refractivity contribution is 7.14. The quantitative estimate of drug-likeness (QED) is 0.919. The Morgan fingerprint density at radius 1 is 1.22 bits per heavy atom. The SMILES string of the molecule is COc1cc(C)c(C)cc1-c1nnc(CCN)s1. The van der Waals surface area contributed by atoms with Crippen molar-refractivity contribution in [2.24, 2.45) is 5.73 Å². The number of methoxy groups -OCH3 is 1. The summed E-state index contributed by atoms with van der Waals surface area (Å²) >= 11 is 1.57. The molecule has 0 unspecified atom stereocenters. The minimum atomic E-state index is 0.596. The predicted octanol–water partition coefficient (Wildman–Crippen LogP) is 2.33. The molecule has 0 radical (unpaired) electrons. The molecule has 1 aromatic heterocycles. The summed E-state index contributed by atoms with van der Waals surface area (Å²) in [4.78, 5) is 0. The van der Waals surface area contributed by atoms with Crippen LogP contribution < -0.4 is 10.5 Å². The zero-order valence-corrected chi connectivity index (χ0v) is 11.7. The van der Waals surface area contributed by atoms with Crippen LogP contribution in [0.5, 0.6) is 5.75 Å². The minimum absolute atomic E-state index is 0.596. The molecule has 2 rings (SSSR count). The maximum atomic E-state index is 5.52. The van der Waals surface area contributed by atoms with E-state index in [0.717, 1.165) is 27.7 Å². The van der Waals surface area contributed by atoms with Gasteiger partial charge in [-0.2, -0.15) is 0 Å². The summed E-state index contributed by atoms with van der Waals surface area (Å²) in [6.45, 7) is 4.75. The number of nitrogens with zero attached hydrogens (tertiary/aromatic N) is 2. The zero-order valence-electron chi connectivity index (χ0n) is 10.9. The monoisotopic (exact) mass is 263 g/mol. The Kier molecular flexibility index (Phi) is 3.93. The van der Waals surface area contributed by atoms with Crippen LogP contribution in [-0.2, 0) is 6.42 Å². The van der Waals surface area contributed by atoms with Gasteiger partial charge in [0, 0.05) is 6.42 Å². The van der Waals surface area contributed by atoms with E-state index in [4.69, 9.17) is 10.5 Å². The fraction of sp³-hybridized carbons (Fsp3) is 0.385. The third-order valence-corrected chi connectivity index (χ3v) is 3.89. The average molecular weight is 263 g/mol. The highest BCUT2D eigenvalue weighted by atomic mass is 32.1. The molecule has 0 saturated carbocycles. The Labute approximate surface area is 111 Å². The van der Waals surface area contributed by atoms with Gasteiger partial charge in [0.15, 0.2) is 5.01 Å². The Morgan fingerprint density at radius 2 is 1.94 bits per heavy atom. The fourth-order valence-corrected chi connectivity index (χ4v) is 2.59. The molecule has 0 amide bonds. The molecule has 2 aromatic rings. The van der Waals surface area contributed by atoms with Gasteiger partial charge in [-0.05, 0) is 43.7 Å². The van der Waals surface area contributed by atoms with Gasteiger partial charge in [-0.1, -0.05) is 11.3 Å². The first kappa shape index (κ1) is 13.0. The molecule has 0 aliphatic carbocycles. The van der Waals surface area contributed by atoms with Crippen molar-refractivity contribution < 1.29 is 4.74 Å². The molecule has 0 aliphatic heterocycles. The van der Waals surface area contributed by atoms with Crippen molar-refractivity contribution in [1.82, 2.24) is 10.2 Å². The van der Waals surface area contributed by atoms with Crippen LogP contribution in [0.4, 0.5) is 0 Å². The molecule has 96 valence electrons. The first-order chi connectivity index (χ1) is 8.65. The largest absolute Gasteiger partial charge is 0.496 e. The lowest BCUT2D eigenvalue weighted by Crippen LogP contribution is -2.01. The van der Waals surface area contributed by atoms with E-state index in [1.807, 2.05) is 6.07 Å². The van der Waals surface area contributed by atoms with E-state index in [0.29, 0.717) is 6.54 Å². The Balaban J connectivity index is 2.45. The molecule has 0 saturated heterocycles. The van der Waals surface area contributed by atoms with Gasteiger partial charge in [-0.15, -0.1) is 10.2 Å². The van der Waals surface area contributed by atoms with Gasteiger partial charge >= 0.3 is 0 Å². The van der Waals surface area contributed by atoms with Crippen molar-refractivity contribution in [1.29, 1.82) is 0 Å². The number of hydrogen-bond donors (Lipinski definition) is 1. The second-order valence-electron chi connectivity index (χ2n) is 4.18. The Hall–Kier alpha value is -1.46. The van der Waals surface area contributed by atoms with Crippen molar-refractivity contribution >= 4 is 11.3 Å². The Morgan fingerprint density at radius 3 is 2.61 bits per heavy atom. The highest BCUT2D eigenvalue weighted by Gasteiger charge is 2.13. The molecule has 18 heavy (non-hydrogen) atoms. The van der Waals surface area contributed by atoms with Gasteiger partial charge in [0.2, 0.25) is 0 Å². The van der Waals surface area contributed by atoms with Crippen LogP contribution in [0.2, 0.25) is 0 Å². The summed E-state index contributed by atoms with van der Waals surface area (Å²) in [5.74, 6) is 0.841. The first-order valence-corrected chi connectivity index (χ1v) is 6.65. The van der Waals surface area contributed by atoms with E-state index >= 15 is 0 Å². The van der Waals surface area contributed by atoms with Crippen LogP contribution in [0.1, 0.15) is 16.1 Å². The third-order valence-electron chi connectivity index (χ3n) is 2.87. The van der Waals surface area contributed by atoms with Crippen LogP contribution in [0.25, 0.3) is 10.6 Å². The number of ether oxygens (including phenoxy) is 1. The molecular formula is C13H17N3OS. The second kappa shape index (κ2) is 5.46. The molecule has 4 nitrogen and oxygen atoms in total. The topological polar surface area (TPSA) is 61.0 Å². The normalized spacial score (nSPS) is 10.7. The summed E-state index contributed by atoms with van der Waals surface area (Å²) in [5.41, 5.74) is 8.96. The van der Waals surface area contributed by atoms with Crippen LogP contribution >= 0.6 is 11.3 Å². The lowest BCUT2D eigenvalue weighted by Gasteiger charge is -2.09. The highest BCUT2D eigenvalue weighted by Crippen LogP contribution is 2.34. The molecule has 2 N–H and O–H groups in total. The number of aryl methyl sites for hydroxylation is 2. The molecule has 1 aromatic carbocycles. The summed E-state index contributed by atoms with van der Waals surface area (Å²) in [6.07, 6.45) is 0.769. The van der Waals surface area contributed by atoms with Crippen molar-refractivity contribution in [3.05, 3.63) is 28.3 Å². The predicted molar refractivity (Wildman–Crippen MR) is 74.1 cm³/mol. The first-order valence-electron chi connectivity index (χ1n) is 5.83. The maximum absolute atomic E-state index is 5.52. The zero-order chi connectivity index (χ0) is 13.1. The molecular weight excluding hydrogens is 246 g/mol. The molecule has 5 heteroatoms. The summed E-state index contributed by atoms with van der Waals surface area (Å²) in [5, 5.41) is 10.2. The lowest BCUT2D eigenvalue weighted by molar-refractivity contribution is 0.416. The Bertz CT molecular complexity index is 551. The molecule has 0 aliphatic rings. The van der Waals surface area contributed by atoms with E-state index in [-0.39, 0.29) is 0 Å². The van der Waals surface area contributed by atoms with E-state index in [2.05, 4.69) is 30.1 Å². The average Bonchev–Trinajstić information content (AvgIpc) is 2.81. The summed E-state index contributed by atoms with van der Waals surface area (Å²) in [7, 11) is 1.68. The van der Waals surface area contributed by atoms with E-state index in [9.17, 15) is 0 Å². The molecule has 0 fully saturated rings. The molecule has 0 atom stereocenters. The lowest BCUT2D eigenvalue weighted by atomic mass is 10.1. The van der Waals surface area contributed by atoms with Gasteiger partial charge < -0.3 is 10.5 Å². The van der Waals surface area contributed by atoms with Gasteiger partial charge in [0.1, 0.15) is 10.8 Å². The van der Waals surface area contributed by atoms with Gasteiger partial charge in [-0.3, -0.25) is 0 Å². The van der Waals surface area contributed by atoms with Gasteiger partial charge in [-0.25, -0.2) is 0 Å². The molecule has 0 bridgehead atoms. The minimum Gasteiger partial charge on any atom is -0.496 e. The molecule has 0 spiro atoms. The standard InChI is InChI=1S/C13H17N3OS/c1-8-6-10(11(17-3)7-9(8)2)13-16-15-12(18-13)4-5-14/h6-7H,4-5,14H2,1-3H3. The van der Waals surface area contributed by atoms with Crippen molar-refractivity contribution in [3.63, 3.8) is 0 Å². The molecule has 1 heterocycles. The van der Waals surface area contributed by atoms with E-state index < -0.39 is 0 Å².